The largest absolute Gasteiger partial charge is 0.481 e. The first-order chi connectivity index (χ1) is 11.3. The predicted octanol–water partition coefficient (Wildman–Crippen LogP) is 5.23. The SMILES string of the molecule is O=C(COc1c(Br)cc(C(=O)O)cc1Br)Nc1cc(Cl)cc(Cl)c1. The topological polar surface area (TPSA) is 75.6 Å². The number of halogens is 4. The Morgan fingerprint density at radius 2 is 1.58 bits per heavy atom. The number of carboxylic acids is 1. The minimum atomic E-state index is -1.07. The molecule has 0 heterocycles. The highest BCUT2D eigenvalue weighted by Gasteiger charge is 2.14. The van der Waals surface area contributed by atoms with Crippen LogP contribution in [0.3, 0.4) is 0 Å². The molecule has 1 amide bonds. The Kier molecular flexibility index (Phi) is 6.51. The molecule has 24 heavy (non-hydrogen) atoms. The fourth-order valence-electron chi connectivity index (χ4n) is 1.78. The minimum Gasteiger partial charge on any atom is -0.481 e. The molecule has 0 aliphatic carbocycles. The molecule has 5 nitrogen and oxygen atoms in total. The molecule has 0 bridgehead atoms. The third kappa shape index (κ3) is 5.11. The minimum absolute atomic E-state index is 0.0825. The molecule has 0 unspecified atom stereocenters. The van der Waals surface area contributed by atoms with E-state index in [0.29, 0.717) is 30.4 Å². The number of amides is 1. The van der Waals surface area contributed by atoms with E-state index >= 15 is 0 Å². The maximum atomic E-state index is 12.0. The van der Waals surface area contributed by atoms with Crippen molar-refractivity contribution in [1.82, 2.24) is 0 Å². The van der Waals surface area contributed by atoms with Crippen molar-refractivity contribution < 1.29 is 19.4 Å². The maximum absolute atomic E-state index is 12.0. The van der Waals surface area contributed by atoms with Crippen LogP contribution in [0.4, 0.5) is 5.69 Å². The van der Waals surface area contributed by atoms with E-state index in [9.17, 15) is 9.59 Å². The quantitative estimate of drug-likeness (QED) is 0.593. The Labute approximate surface area is 164 Å². The summed E-state index contributed by atoms with van der Waals surface area (Å²) in [6, 6.07) is 7.43. The highest BCUT2D eigenvalue weighted by atomic mass is 79.9. The number of anilines is 1. The van der Waals surface area contributed by atoms with Crippen molar-refractivity contribution in [1.29, 1.82) is 0 Å². The smallest absolute Gasteiger partial charge is 0.335 e. The van der Waals surface area contributed by atoms with Gasteiger partial charge in [0.15, 0.2) is 6.61 Å². The second kappa shape index (κ2) is 8.20. The molecule has 2 aromatic rings. The standard InChI is InChI=1S/C15H9Br2Cl2NO4/c16-11-1-7(15(22)23)2-12(17)14(11)24-6-13(21)20-10-4-8(18)3-9(19)5-10/h1-5H,6H2,(H,20,21)(H,22,23). The van der Waals surface area contributed by atoms with E-state index in [-0.39, 0.29) is 12.2 Å². The van der Waals surface area contributed by atoms with E-state index < -0.39 is 11.9 Å². The van der Waals surface area contributed by atoms with Gasteiger partial charge in [0.2, 0.25) is 0 Å². The molecule has 2 N–H and O–H groups in total. The van der Waals surface area contributed by atoms with Crippen molar-refractivity contribution in [3.05, 3.63) is 54.9 Å². The molecule has 0 radical (unpaired) electrons. The lowest BCUT2D eigenvalue weighted by atomic mass is 10.2. The van der Waals surface area contributed by atoms with Gasteiger partial charge in [0.25, 0.3) is 5.91 Å². The summed E-state index contributed by atoms with van der Waals surface area (Å²) in [5, 5.41) is 12.4. The van der Waals surface area contributed by atoms with Gasteiger partial charge in [0.1, 0.15) is 5.75 Å². The number of carboxylic acid groups (broad SMARTS) is 1. The van der Waals surface area contributed by atoms with E-state index in [1.165, 1.54) is 12.1 Å². The summed E-state index contributed by atoms with van der Waals surface area (Å²) >= 11 is 18.2. The molecule has 0 aromatic heterocycles. The van der Waals surface area contributed by atoms with Gasteiger partial charge in [0.05, 0.1) is 14.5 Å². The Morgan fingerprint density at radius 3 is 2.08 bits per heavy atom. The van der Waals surface area contributed by atoms with Gasteiger partial charge in [-0.05, 0) is 62.2 Å². The van der Waals surface area contributed by atoms with Gasteiger partial charge in [0, 0.05) is 15.7 Å². The first-order valence-corrected chi connectivity index (χ1v) is 8.71. The summed E-state index contributed by atoms with van der Waals surface area (Å²) in [5.41, 5.74) is 0.527. The van der Waals surface area contributed by atoms with Crippen LogP contribution in [0.15, 0.2) is 39.3 Å². The van der Waals surface area contributed by atoms with E-state index in [1.54, 1.807) is 18.2 Å². The third-order valence-electron chi connectivity index (χ3n) is 2.74. The molecule has 0 atom stereocenters. The monoisotopic (exact) mass is 495 g/mol. The van der Waals surface area contributed by atoms with Crippen LogP contribution < -0.4 is 10.1 Å². The zero-order valence-corrected chi connectivity index (χ0v) is 16.5. The second-order valence-corrected chi connectivity index (χ2v) is 7.15. The molecule has 0 aliphatic rings. The molecule has 2 aromatic carbocycles. The molecule has 0 aliphatic heterocycles. The summed E-state index contributed by atoms with van der Waals surface area (Å²) in [5.74, 6) is -1.17. The Morgan fingerprint density at radius 1 is 1.04 bits per heavy atom. The van der Waals surface area contributed by atoms with Crippen molar-refractivity contribution in [2.75, 3.05) is 11.9 Å². The number of benzene rings is 2. The van der Waals surface area contributed by atoms with Crippen LogP contribution >= 0.6 is 55.1 Å². The predicted molar refractivity (Wildman–Crippen MR) is 99.4 cm³/mol. The molecule has 0 saturated carbocycles. The van der Waals surface area contributed by atoms with Crippen molar-refractivity contribution in [3.8, 4) is 5.75 Å². The molecule has 0 fully saturated rings. The first kappa shape index (κ1) is 19.1. The van der Waals surface area contributed by atoms with E-state index in [4.69, 9.17) is 33.0 Å². The molecule has 0 saturated heterocycles. The number of carbonyl (C=O) groups excluding carboxylic acids is 1. The highest BCUT2D eigenvalue weighted by molar-refractivity contribution is 9.11. The maximum Gasteiger partial charge on any atom is 0.335 e. The molecule has 0 spiro atoms. The fraction of sp³-hybridized carbons (Fsp3) is 0.0667. The zero-order valence-electron chi connectivity index (χ0n) is 11.8. The number of ether oxygens (including phenoxy) is 1. The van der Waals surface area contributed by atoms with Gasteiger partial charge >= 0.3 is 5.97 Å². The van der Waals surface area contributed by atoms with Gasteiger partial charge < -0.3 is 15.2 Å². The third-order valence-corrected chi connectivity index (χ3v) is 4.35. The summed E-state index contributed by atoms with van der Waals surface area (Å²) in [4.78, 5) is 22.9. The van der Waals surface area contributed by atoms with Crippen LogP contribution in [0.25, 0.3) is 0 Å². The fourth-order valence-corrected chi connectivity index (χ4v) is 3.72. The number of carbonyl (C=O) groups is 2. The molecular formula is C15H9Br2Cl2NO4. The van der Waals surface area contributed by atoms with Gasteiger partial charge in [-0.1, -0.05) is 23.2 Å². The first-order valence-electron chi connectivity index (χ1n) is 6.37. The van der Waals surface area contributed by atoms with Gasteiger partial charge in [-0.3, -0.25) is 4.79 Å². The van der Waals surface area contributed by atoms with Crippen molar-refractivity contribution in [2.45, 2.75) is 0 Å². The Hall–Kier alpha value is -1.28. The van der Waals surface area contributed by atoms with Crippen LogP contribution in [0, 0.1) is 0 Å². The summed E-state index contributed by atoms with van der Waals surface area (Å²) in [7, 11) is 0. The average Bonchev–Trinajstić information content (AvgIpc) is 2.44. The van der Waals surface area contributed by atoms with Gasteiger partial charge in [-0.2, -0.15) is 0 Å². The average molecular weight is 498 g/mol. The Balaban J connectivity index is 2.05. The van der Waals surface area contributed by atoms with E-state index in [0.717, 1.165) is 0 Å². The van der Waals surface area contributed by atoms with E-state index in [1.807, 2.05) is 0 Å². The van der Waals surface area contributed by atoms with Gasteiger partial charge in [-0.15, -0.1) is 0 Å². The van der Waals surface area contributed by atoms with Crippen molar-refractivity contribution in [3.63, 3.8) is 0 Å². The van der Waals surface area contributed by atoms with Crippen LogP contribution in [0.2, 0.25) is 10.0 Å². The molecule has 2 rings (SSSR count). The van der Waals surface area contributed by atoms with Crippen LogP contribution in [0.5, 0.6) is 5.75 Å². The number of aromatic carboxylic acids is 1. The zero-order chi connectivity index (χ0) is 17.9. The second-order valence-electron chi connectivity index (χ2n) is 4.57. The number of hydrogen-bond acceptors (Lipinski definition) is 3. The van der Waals surface area contributed by atoms with Crippen molar-refractivity contribution in [2.24, 2.45) is 0 Å². The normalized spacial score (nSPS) is 10.3. The highest BCUT2D eigenvalue weighted by Crippen LogP contribution is 2.34. The van der Waals surface area contributed by atoms with Gasteiger partial charge in [-0.25, -0.2) is 4.79 Å². The summed E-state index contributed by atoms with van der Waals surface area (Å²) < 4.78 is 6.25. The summed E-state index contributed by atoms with van der Waals surface area (Å²) in [6.45, 7) is -0.284. The van der Waals surface area contributed by atoms with E-state index in [2.05, 4.69) is 37.2 Å². The van der Waals surface area contributed by atoms with Crippen LogP contribution in [0.1, 0.15) is 10.4 Å². The van der Waals surface area contributed by atoms with Crippen molar-refractivity contribution >= 4 is 72.6 Å². The van der Waals surface area contributed by atoms with Crippen LogP contribution in [-0.2, 0) is 4.79 Å². The molecule has 126 valence electrons. The lowest BCUT2D eigenvalue weighted by molar-refractivity contribution is -0.118. The number of hydrogen-bond donors (Lipinski definition) is 2. The lowest BCUT2D eigenvalue weighted by Gasteiger charge is -2.12. The molecular weight excluding hydrogens is 489 g/mol. The summed E-state index contributed by atoms with van der Waals surface area (Å²) in [6.07, 6.45) is 0. The lowest BCUT2D eigenvalue weighted by Crippen LogP contribution is -2.20. The number of rotatable bonds is 5. The number of nitrogens with one attached hydrogen (secondary N) is 1. The Bertz CT molecular complexity index is 771. The molecule has 9 heteroatoms. The van der Waals surface area contributed by atoms with Crippen LogP contribution in [-0.4, -0.2) is 23.6 Å².